The fraction of sp³-hybridized carbons (Fsp3) is 0.345. The Balaban J connectivity index is 1.60. The van der Waals surface area contributed by atoms with Gasteiger partial charge >= 0.3 is 0 Å². The van der Waals surface area contributed by atoms with Gasteiger partial charge in [0.2, 0.25) is 0 Å². The molecule has 0 bridgehead atoms. The predicted molar refractivity (Wildman–Crippen MR) is 143 cm³/mol. The Hall–Kier alpha value is -3.95. The number of imidazole rings is 1. The summed E-state index contributed by atoms with van der Waals surface area (Å²) in [5.74, 6) is -1.05. The van der Waals surface area contributed by atoms with Crippen LogP contribution in [0, 0.1) is 13.8 Å². The number of carbonyl (C=O) groups excluding carboxylic acids is 2. The van der Waals surface area contributed by atoms with Gasteiger partial charge in [0.1, 0.15) is 23.7 Å². The molecule has 0 spiro atoms. The summed E-state index contributed by atoms with van der Waals surface area (Å²) in [5, 5.41) is 11.6. The Morgan fingerprint density at radius 3 is 2.71 bits per heavy atom. The van der Waals surface area contributed by atoms with Crippen LogP contribution in [0.4, 0.5) is 0 Å². The molecule has 1 atom stereocenters. The van der Waals surface area contributed by atoms with Crippen molar-refractivity contribution >= 4 is 23.1 Å². The highest BCUT2D eigenvalue weighted by atomic mass is 16.5. The number of Topliss-reactive ketones (excluding diaryl/α,β-unsaturated/α-hetero) is 1. The van der Waals surface area contributed by atoms with Crippen molar-refractivity contribution in [3.63, 3.8) is 0 Å². The minimum atomic E-state index is -0.784. The van der Waals surface area contributed by atoms with Gasteiger partial charge in [-0.25, -0.2) is 4.98 Å². The number of likely N-dealkylation sites (tertiary alicyclic amines) is 1. The van der Waals surface area contributed by atoms with Gasteiger partial charge < -0.3 is 23.9 Å². The molecule has 1 N–H and O–H groups in total. The highest BCUT2D eigenvalue weighted by Gasteiger charge is 2.46. The standard InChI is InChI=1S/C29H32N4O5/c1-4-15-38-22-9-5-8-21(18-22)25-23(26(34)24-20(3)32-10-6-7-19(2)28(32)30-24)27(35)29(36)33(25)12-11-31-13-16-37-17-14-31/h4-10,18,25,34H,1,11-17H2,2-3H3. The first kappa shape index (κ1) is 25.7. The van der Waals surface area contributed by atoms with E-state index in [4.69, 9.17) is 9.47 Å². The van der Waals surface area contributed by atoms with Gasteiger partial charge in [-0.2, -0.15) is 0 Å². The van der Waals surface area contributed by atoms with Crippen molar-refractivity contribution in [2.75, 3.05) is 46.0 Å². The van der Waals surface area contributed by atoms with Crippen LogP contribution in [0.5, 0.6) is 5.75 Å². The van der Waals surface area contributed by atoms with Crippen LogP contribution in [0.15, 0.2) is 60.8 Å². The molecule has 198 valence electrons. The quantitative estimate of drug-likeness (QED) is 0.212. The molecular weight excluding hydrogens is 484 g/mol. The zero-order valence-electron chi connectivity index (χ0n) is 21.7. The summed E-state index contributed by atoms with van der Waals surface area (Å²) in [6.45, 7) is 11.5. The van der Waals surface area contributed by atoms with E-state index in [2.05, 4.69) is 16.5 Å². The van der Waals surface area contributed by atoms with Gasteiger partial charge in [0, 0.05) is 32.4 Å². The number of hydrogen-bond donors (Lipinski definition) is 1. The summed E-state index contributed by atoms with van der Waals surface area (Å²) in [7, 11) is 0. The van der Waals surface area contributed by atoms with Crippen molar-refractivity contribution in [3.8, 4) is 5.75 Å². The Bertz CT molecular complexity index is 1420. The van der Waals surface area contributed by atoms with Crippen LogP contribution in [-0.2, 0) is 14.3 Å². The highest BCUT2D eigenvalue weighted by Crippen LogP contribution is 2.40. The van der Waals surface area contributed by atoms with Crippen LogP contribution in [0.25, 0.3) is 11.4 Å². The van der Waals surface area contributed by atoms with E-state index in [1.807, 2.05) is 54.8 Å². The number of hydrogen-bond acceptors (Lipinski definition) is 7. The second-order valence-electron chi connectivity index (χ2n) is 9.55. The number of carbonyl (C=O) groups is 2. The lowest BCUT2D eigenvalue weighted by atomic mass is 9.96. The van der Waals surface area contributed by atoms with E-state index in [-0.39, 0.29) is 17.0 Å². The number of aryl methyl sites for hydroxylation is 2. The molecule has 1 aromatic carbocycles. The predicted octanol–water partition coefficient (Wildman–Crippen LogP) is 3.27. The number of nitrogens with zero attached hydrogens (tertiary/aromatic N) is 4. The van der Waals surface area contributed by atoms with Gasteiger partial charge in [0.05, 0.1) is 30.5 Å². The van der Waals surface area contributed by atoms with Crippen LogP contribution < -0.4 is 4.74 Å². The number of ether oxygens (including phenoxy) is 2. The highest BCUT2D eigenvalue weighted by molar-refractivity contribution is 6.46. The largest absolute Gasteiger partial charge is 0.505 e. The maximum absolute atomic E-state index is 13.5. The second-order valence-corrected chi connectivity index (χ2v) is 9.55. The molecule has 3 aromatic rings. The maximum Gasteiger partial charge on any atom is 0.295 e. The molecule has 0 aliphatic carbocycles. The molecule has 4 heterocycles. The summed E-state index contributed by atoms with van der Waals surface area (Å²) >= 11 is 0. The van der Waals surface area contributed by atoms with Gasteiger partial charge in [-0.05, 0) is 43.2 Å². The van der Waals surface area contributed by atoms with Crippen molar-refractivity contribution in [3.05, 3.63) is 83.3 Å². The van der Waals surface area contributed by atoms with E-state index < -0.39 is 17.7 Å². The average Bonchev–Trinajstić information content (AvgIpc) is 3.41. The number of amides is 1. The molecule has 2 aliphatic heterocycles. The average molecular weight is 517 g/mol. The second kappa shape index (κ2) is 10.8. The lowest BCUT2D eigenvalue weighted by molar-refractivity contribution is -0.140. The maximum atomic E-state index is 13.5. The Labute approximate surface area is 221 Å². The lowest BCUT2D eigenvalue weighted by Crippen LogP contribution is -2.42. The Morgan fingerprint density at radius 1 is 1.18 bits per heavy atom. The third-order valence-corrected chi connectivity index (χ3v) is 7.15. The monoisotopic (exact) mass is 516 g/mol. The molecule has 0 radical (unpaired) electrons. The number of aliphatic hydroxyl groups is 1. The van der Waals surface area contributed by atoms with Crippen molar-refractivity contribution in [2.45, 2.75) is 19.9 Å². The topological polar surface area (TPSA) is 96.6 Å². The summed E-state index contributed by atoms with van der Waals surface area (Å²) in [4.78, 5) is 35.3. The first-order valence-corrected chi connectivity index (χ1v) is 12.8. The minimum Gasteiger partial charge on any atom is -0.505 e. The molecule has 2 aromatic heterocycles. The SMILES string of the molecule is C=CCOc1cccc(C2C(=C(O)c3nc4c(C)cccn4c3C)C(=O)C(=O)N2CCN2CCOCC2)c1. The first-order valence-electron chi connectivity index (χ1n) is 12.8. The van der Waals surface area contributed by atoms with Crippen LogP contribution >= 0.6 is 0 Å². The van der Waals surface area contributed by atoms with E-state index in [1.165, 1.54) is 0 Å². The number of pyridine rings is 1. The van der Waals surface area contributed by atoms with E-state index in [1.54, 1.807) is 17.0 Å². The number of aliphatic hydroxyl groups excluding tert-OH is 1. The van der Waals surface area contributed by atoms with Crippen LogP contribution in [-0.4, -0.2) is 82.0 Å². The third kappa shape index (κ3) is 4.70. The van der Waals surface area contributed by atoms with Gasteiger partial charge in [-0.3, -0.25) is 14.5 Å². The van der Waals surface area contributed by atoms with Gasteiger partial charge in [0.15, 0.2) is 5.76 Å². The number of morpholine rings is 1. The number of fused-ring (bicyclic) bond motifs is 1. The number of ketones is 1. The Kier molecular flexibility index (Phi) is 7.31. The molecule has 2 fully saturated rings. The molecule has 2 saturated heterocycles. The molecule has 9 nitrogen and oxygen atoms in total. The molecular formula is C29H32N4O5. The molecule has 1 amide bonds. The van der Waals surface area contributed by atoms with Crippen LogP contribution in [0.2, 0.25) is 0 Å². The van der Waals surface area contributed by atoms with Crippen LogP contribution in [0.1, 0.15) is 28.6 Å². The molecule has 38 heavy (non-hydrogen) atoms. The van der Waals surface area contributed by atoms with E-state index >= 15 is 0 Å². The fourth-order valence-electron chi connectivity index (χ4n) is 5.13. The molecule has 9 heteroatoms. The van der Waals surface area contributed by atoms with Crippen molar-refractivity contribution < 1.29 is 24.2 Å². The summed E-state index contributed by atoms with van der Waals surface area (Å²) in [6.07, 6.45) is 3.51. The van der Waals surface area contributed by atoms with Gasteiger partial charge in [-0.1, -0.05) is 30.9 Å². The molecule has 1 unspecified atom stereocenters. The summed E-state index contributed by atoms with van der Waals surface area (Å²) in [6, 6.07) is 10.3. The molecule has 0 saturated carbocycles. The summed E-state index contributed by atoms with van der Waals surface area (Å²) in [5.41, 5.74) is 3.29. The Morgan fingerprint density at radius 2 is 1.97 bits per heavy atom. The molecule has 5 rings (SSSR count). The molecule has 2 aliphatic rings. The van der Waals surface area contributed by atoms with Crippen molar-refractivity contribution in [1.82, 2.24) is 19.2 Å². The normalized spacial score (nSPS) is 19.8. The number of rotatable bonds is 8. The van der Waals surface area contributed by atoms with Gasteiger partial charge in [0.25, 0.3) is 11.7 Å². The third-order valence-electron chi connectivity index (χ3n) is 7.15. The minimum absolute atomic E-state index is 0.0296. The fourth-order valence-corrected chi connectivity index (χ4v) is 5.13. The van der Waals surface area contributed by atoms with Crippen molar-refractivity contribution in [2.24, 2.45) is 0 Å². The number of benzene rings is 1. The van der Waals surface area contributed by atoms with Gasteiger partial charge in [-0.15, -0.1) is 0 Å². The first-order chi connectivity index (χ1) is 18.4. The lowest BCUT2D eigenvalue weighted by Gasteiger charge is -2.31. The summed E-state index contributed by atoms with van der Waals surface area (Å²) < 4.78 is 13.0. The number of aromatic nitrogens is 2. The zero-order valence-corrected chi connectivity index (χ0v) is 21.7. The smallest absolute Gasteiger partial charge is 0.295 e. The van der Waals surface area contributed by atoms with E-state index in [0.29, 0.717) is 55.6 Å². The van der Waals surface area contributed by atoms with E-state index in [0.717, 1.165) is 18.7 Å². The van der Waals surface area contributed by atoms with Crippen LogP contribution in [0.3, 0.4) is 0 Å². The van der Waals surface area contributed by atoms with Crippen molar-refractivity contribution in [1.29, 1.82) is 0 Å². The van der Waals surface area contributed by atoms with E-state index in [9.17, 15) is 14.7 Å². The zero-order chi connectivity index (χ0) is 26.8.